The number of nitrogens with zero attached hydrogens (tertiary/aromatic N) is 3. The molecule has 7 nitrogen and oxygen atoms in total. The number of benzene rings is 2. The largest absolute Gasteiger partial charge is 0.457 e. The number of ether oxygens (including phenoxy) is 2. The number of hydrogen-bond donors (Lipinski definition) is 1. The molecule has 2 aromatic carbocycles. The van der Waals surface area contributed by atoms with Gasteiger partial charge in [-0.05, 0) is 41.8 Å². The van der Waals surface area contributed by atoms with Crippen molar-refractivity contribution in [2.75, 3.05) is 16.8 Å². The second-order valence-electron chi connectivity index (χ2n) is 7.41. The number of anilines is 2. The minimum absolute atomic E-state index is 0.0302. The Kier molecular flexibility index (Phi) is 5.79. The zero-order valence-electron chi connectivity index (χ0n) is 17.0. The summed E-state index contributed by atoms with van der Waals surface area (Å²) in [6, 6.07) is 19.2. The molecule has 1 aliphatic heterocycles. The van der Waals surface area contributed by atoms with E-state index in [1.807, 2.05) is 54.6 Å². The third kappa shape index (κ3) is 4.51. The van der Waals surface area contributed by atoms with Crippen LogP contribution < -0.4 is 15.0 Å². The smallest absolute Gasteiger partial charge is 0.415 e. The van der Waals surface area contributed by atoms with Crippen molar-refractivity contribution >= 4 is 17.9 Å². The summed E-state index contributed by atoms with van der Waals surface area (Å²) in [6.07, 6.45) is 1.28. The Morgan fingerprint density at radius 2 is 1.83 bits per heavy atom. The van der Waals surface area contributed by atoms with E-state index in [0.29, 0.717) is 24.9 Å². The van der Waals surface area contributed by atoms with Crippen LogP contribution in [0.1, 0.15) is 19.4 Å². The number of cyclic esters (lactones) is 1. The number of rotatable bonds is 7. The van der Waals surface area contributed by atoms with Gasteiger partial charge in [0, 0.05) is 12.7 Å². The van der Waals surface area contributed by atoms with Crippen molar-refractivity contribution < 1.29 is 14.3 Å². The van der Waals surface area contributed by atoms with Crippen LogP contribution in [0.3, 0.4) is 0 Å². The molecular formula is C23H24N4O3. The Labute approximate surface area is 175 Å². The number of carbonyl (C=O) groups is 1. The van der Waals surface area contributed by atoms with Gasteiger partial charge >= 0.3 is 6.09 Å². The zero-order chi connectivity index (χ0) is 20.9. The molecule has 1 amide bonds. The Bertz CT molecular complexity index is 993. The minimum Gasteiger partial charge on any atom is -0.457 e. The summed E-state index contributed by atoms with van der Waals surface area (Å²) < 4.78 is 11.0. The van der Waals surface area contributed by atoms with E-state index < -0.39 is 0 Å². The van der Waals surface area contributed by atoms with Gasteiger partial charge < -0.3 is 14.8 Å². The lowest BCUT2D eigenvalue weighted by Gasteiger charge is -2.23. The van der Waals surface area contributed by atoms with Crippen LogP contribution in [-0.4, -0.2) is 28.7 Å². The van der Waals surface area contributed by atoms with Crippen LogP contribution in [0.4, 0.5) is 16.6 Å². The molecule has 0 aliphatic carbocycles. The van der Waals surface area contributed by atoms with Crippen molar-refractivity contribution in [3.63, 3.8) is 0 Å². The molecule has 1 unspecified atom stereocenters. The Balaban J connectivity index is 1.39. The number of carbonyl (C=O) groups excluding carboxylic acids is 1. The van der Waals surface area contributed by atoms with E-state index in [2.05, 4.69) is 29.1 Å². The second kappa shape index (κ2) is 8.82. The number of hydrogen-bond acceptors (Lipinski definition) is 6. The van der Waals surface area contributed by atoms with Crippen molar-refractivity contribution in [1.29, 1.82) is 0 Å². The van der Waals surface area contributed by atoms with E-state index in [0.717, 1.165) is 17.1 Å². The number of nitrogens with one attached hydrogen (secondary N) is 1. The Morgan fingerprint density at radius 1 is 1.10 bits per heavy atom. The first-order chi connectivity index (χ1) is 14.6. The highest BCUT2D eigenvalue weighted by Gasteiger charge is 2.37. The van der Waals surface area contributed by atoms with Gasteiger partial charge in [0.1, 0.15) is 23.9 Å². The summed E-state index contributed by atoms with van der Waals surface area (Å²) >= 11 is 0. The SMILES string of the molecule is CC(C)C1COC(=O)N1c1ccnc(NCc2ccc(Oc3ccccc3)cc2)n1. The van der Waals surface area contributed by atoms with Gasteiger partial charge in [0.15, 0.2) is 0 Å². The second-order valence-corrected chi connectivity index (χ2v) is 7.41. The molecule has 1 aliphatic rings. The predicted octanol–water partition coefficient (Wildman–Crippen LogP) is 4.86. The summed E-state index contributed by atoms with van der Waals surface area (Å²) in [5.74, 6) is 2.84. The number of para-hydroxylation sites is 1. The standard InChI is InChI=1S/C23H24N4O3/c1-16(2)20-15-29-23(28)27(20)21-12-13-24-22(26-21)25-14-17-8-10-19(11-9-17)30-18-6-4-3-5-7-18/h3-13,16,20H,14-15H2,1-2H3,(H,24,25,26). The summed E-state index contributed by atoms with van der Waals surface area (Å²) in [4.78, 5) is 22.5. The summed E-state index contributed by atoms with van der Waals surface area (Å²) in [5.41, 5.74) is 1.06. The van der Waals surface area contributed by atoms with Crippen molar-refractivity contribution in [2.45, 2.75) is 26.4 Å². The van der Waals surface area contributed by atoms with Gasteiger partial charge in [0.2, 0.25) is 5.95 Å². The molecule has 0 spiro atoms. The van der Waals surface area contributed by atoms with Crippen LogP contribution >= 0.6 is 0 Å². The molecule has 154 valence electrons. The van der Waals surface area contributed by atoms with Gasteiger partial charge in [-0.3, -0.25) is 4.90 Å². The van der Waals surface area contributed by atoms with E-state index in [1.54, 1.807) is 17.2 Å². The fourth-order valence-electron chi connectivity index (χ4n) is 3.24. The maximum absolute atomic E-state index is 12.2. The first-order valence-corrected chi connectivity index (χ1v) is 9.95. The van der Waals surface area contributed by atoms with Crippen LogP contribution in [-0.2, 0) is 11.3 Å². The van der Waals surface area contributed by atoms with Gasteiger partial charge in [0.25, 0.3) is 0 Å². The van der Waals surface area contributed by atoms with E-state index in [1.165, 1.54) is 0 Å². The predicted molar refractivity (Wildman–Crippen MR) is 115 cm³/mol. The molecule has 1 aromatic heterocycles. The molecular weight excluding hydrogens is 380 g/mol. The zero-order valence-corrected chi connectivity index (χ0v) is 17.0. The summed E-state index contributed by atoms with van der Waals surface area (Å²) in [7, 11) is 0. The van der Waals surface area contributed by atoms with E-state index in [4.69, 9.17) is 9.47 Å². The molecule has 1 saturated heterocycles. The third-order valence-corrected chi connectivity index (χ3v) is 4.92. The van der Waals surface area contributed by atoms with Crippen molar-refractivity contribution in [1.82, 2.24) is 9.97 Å². The molecule has 3 aromatic rings. The quantitative estimate of drug-likeness (QED) is 0.606. The highest BCUT2D eigenvalue weighted by Crippen LogP contribution is 2.26. The van der Waals surface area contributed by atoms with E-state index >= 15 is 0 Å². The first kappa shape index (κ1) is 19.7. The molecule has 2 heterocycles. The van der Waals surface area contributed by atoms with Gasteiger partial charge in [-0.2, -0.15) is 4.98 Å². The van der Waals surface area contributed by atoms with Crippen LogP contribution in [0.2, 0.25) is 0 Å². The van der Waals surface area contributed by atoms with Crippen molar-refractivity contribution in [2.24, 2.45) is 5.92 Å². The highest BCUT2D eigenvalue weighted by atomic mass is 16.6. The monoisotopic (exact) mass is 404 g/mol. The molecule has 0 bridgehead atoms. The molecule has 0 saturated carbocycles. The normalized spacial score (nSPS) is 15.9. The van der Waals surface area contributed by atoms with Gasteiger partial charge in [-0.1, -0.05) is 44.2 Å². The Hall–Kier alpha value is -3.61. The number of aromatic nitrogens is 2. The lowest BCUT2D eigenvalue weighted by atomic mass is 10.0. The minimum atomic E-state index is -0.368. The van der Waals surface area contributed by atoms with Crippen molar-refractivity contribution in [3.05, 3.63) is 72.4 Å². The summed E-state index contributed by atoms with van der Waals surface area (Å²) in [6.45, 7) is 5.05. The maximum Gasteiger partial charge on any atom is 0.415 e. The van der Waals surface area contributed by atoms with E-state index in [9.17, 15) is 4.79 Å². The Morgan fingerprint density at radius 3 is 2.57 bits per heavy atom. The molecule has 0 radical (unpaired) electrons. The summed E-state index contributed by atoms with van der Waals surface area (Å²) in [5, 5.41) is 3.21. The average molecular weight is 404 g/mol. The topological polar surface area (TPSA) is 76.6 Å². The fourth-order valence-corrected chi connectivity index (χ4v) is 3.24. The lowest BCUT2D eigenvalue weighted by Crippen LogP contribution is -2.37. The molecule has 1 N–H and O–H groups in total. The van der Waals surface area contributed by atoms with Crippen LogP contribution in [0, 0.1) is 5.92 Å². The molecule has 1 atom stereocenters. The van der Waals surface area contributed by atoms with Crippen LogP contribution in [0.5, 0.6) is 11.5 Å². The van der Waals surface area contributed by atoms with Crippen LogP contribution in [0.15, 0.2) is 66.9 Å². The van der Waals surface area contributed by atoms with E-state index in [-0.39, 0.29) is 18.1 Å². The van der Waals surface area contributed by atoms with Crippen molar-refractivity contribution in [3.8, 4) is 11.5 Å². The van der Waals surface area contributed by atoms with Crippen LogP contribution in [0.25, 0.3) is 0 Å². The van der Waals surface area contributed by atoms with Gasteiger partial charge in [-0.25, -0.2) is 9.78 Å². The maximum atomic E-state index is 12.2. The molecule has 7 heteroatoms. The number of amides is 1. The van der Waals surface area contributed by atoms with Gasteiger partial charge in [0.05, 0.1) is 6.04 Å². The molecule has 1 fully saturated rings. The average Bonchev–Trinajstić information content (AvgIpc) is 3.16. The van der Waals surface area contributed by atoms with Gasteiger partial charge in [-0.15, -0.1) is 0 Å². The lowest BCUT2D eigenvalue weighted by molar-refractivity contribution is 0.177. The third-order valence-electron chi connectivity index (χ3n) is 4.92. The molecule has 30 heavy (non-hydrogen) atoms. The highest BCUT2D eigenvalue weighted by molar-refractivity contribution is 5.89. The first-order valence-electron chi connectivity index (χ1n) is 9.95. The fraction of sp³-hybridized carbons (Fsp3) is 0.261. The molecule has 4 rings (SSSR count).